The van der Waals surface area contributed by atoms with Gasteiger partial charge in [0.1, 0.15) is 0 Å². The molecule has 0 saturated carbocycles. The maximum atomic E-state index is 12.1. The molecular weight excluding hydrogens is 356 g/mol. The number of nitro groups is 1. The van der Waals surface area contributed by atoms with E-state index in [9.17, 15) is 20.0 Å². The third-order valence-electron chi connectivity index (χ3n) is 5.10. The zero-order chi connectivity index (χ0) is 19.8. The zero-order valence-electron chi connectivity index (χ0n) is 15.3. The summed E-state index contributed by atoms with van der Waals surface area (Å²) in [5.74, 6) is -0.767. The second kappa shape index (κ2) is 6.88. The van der Waals surface area contributed by atoms with Gasteiger partial charge in [0.05, 0.1) is 27.3 Å². The molecule has 1 aliphatic carbocycles. The van der Waals surface area contributed by atoms with Gasteiger partial charge in [0.25, 0.3) is 5.69 Å². The fourth-order valence-electron chi connectivity index (χ4n) is 3.94. The topological polar surface area (TPSA) is 93.3 Å². The van der Waals surface area contributed by atoms with E-state index in [1.165, 1.54) is 6.07 Å². The third-order valence-corrected chi connectivity index (χ3v) is 5.10. The van der Waals surface area contributed by atoms with Gasteiger partial charge in [-0.1, -0.05) is 37.3 Å². The Kier molecular flexibility index (Phi) is 4.39. The van der Waals surface area contributed by atoms with Crippen molar-refractivity contribution in [2.45, 2.75) is 19.8 Å². The Morgan fingerprint density at radius 3 is 2.64 bits per heavy atom. The maximum Gasteiger partial charge on any atom is 0.336 e. The number of allylic oxidation sites excluding steroid dienone is 1. The average Bonchev–Trinajstić information content (AvgIpc) is 2.66. The van der Waals surface area contributed by atoms with Crippen molar-refractivity contribution in [3.8, 4) is 0 Å². The fraction of sp³-hybridized carbons (Fsp3) is 0.182. The van der Waals surface area contributed by atoms with Gasteiger partial charge in [-0.05, 0) is 48.1 Å². The molecule has 0 fully saturated rings. The van der Waals surface area contributed by atoms with Gasteiger partial charge < -0.3 is 5.11 Å². The minimum absolute atomic E-state index is 0.0222. The Morgan fingerprint density at radius 1 is 1.18 bits per heavy atom. The summed E-state index contributed by atoms with van der Waals surface area (Å²) < 4.78 is 0. The van der Waals surface area contributed by atoms with E-state index in [-0.39, 0.29) is 17.2 Å². The molecule has 1 unspecified atom stereocenters. The van der Waals surface area contributed by atoms with Crippen LogP contribution >= 0.6 is 0 Å². The number of carboxylic acid groups (broad SMARTS) is 1. The number of rotatable bonds is 3. The molecule has 1 atom stereocenters. The number of nitro benzene ring substituents is 1. The van der Waals surface area contributed by atoms with E-state index < -0.39 is 10.9 Å². The van der Waals surface area contributed by atoms with E-state index in [2.05, 4.69) is 6.92 Å². The number of hydrogen-bond acceptors (Lipinski definition) is 4. The molecule has 0 radical (unpaired) electrons. The van der Waals surface area contributed by atoms with Crippen molar-refractivity contribution in [3.05, 3.63) is 81.0 Å². The number of aromatic carboxylic acids is 1. The van der Waals surface area contributed by atoms with Crippen LogP contribution in [0.5, 0.6) is 0 Å². The first-order valence-corrected chi connectivity index (χ1v) is 9.05. The van der Waals surface area contributed by atoms with E-state index in [0.717, 1.165) is 5.57 Å². The summed E-state index contributed by atoms with van der Waals surface area (Å²) in [6.07, 6.45) is 3.08. The van der Waals surface area contributed by atoms with E-state index in [4.69, 9.17) is 4.98 Å². The monoisotopic (exact) mass is 374 g/mol. The van der Waals surface area contributed by atoms with Gasteiger partial charge in [-0.3, -0.25) is 10.1 Å². The largest absolute Gasteiger partial charge is 0.478 e. The van der Waals surface area contributed by atoms with E-state index >= 15 is 0 Å². The molecule has 4 rings (SSSR count). The van der Waals surface area contributed by atoms with Crippen LogP contribution in [0.4, 0.5) is 5.69 Å². The Balaban J connectivity index is 2.00. The van der Waals surface area contributed by atoms with Crippen molar-refractivity contribution in [3.63, 3.8) is 0 Å². The van der Waals surface area contributed by atoms with Crippen LogP contribution in [-0.4, -0.2) is 21.0 Å². The molecule has 1 N–H and O–H groups in total. The molecule has 0 amide bonds. The number of benzene rings is 2. The van der Waals surface area contributed by atoms with Crippen molar-refractivity contribution in [1.29, 1.82) is 0 Å². The summed E-state index contributed by atoms with van der Waals surface area (Å²) in [7, 11) is 0. The van der Waals surface area contributed by atoms with Gasteiger partial charge in [0, 0.05) is 11.5 Å². The van der Waals surface area contributed by atoms with Gasteiger partial charge in [0.15, 0.2) is 0 Å². The summed E-state index contributed by atoms with van der Waals surface area (Å²) in [5.41, 5.74) is 3.57. The predicted octanol–water partition coefficient (Wildman–Crippen LogP) is 4.96. The SMILES string of the molecule is CC1C/C(=C/c2ccccc2[N+](=O)[O-])c2nc3ccccc3c(C(=O)O)c2C1. The number of carboxylic acids is 1. The van der Waals surface area contributed by atoms with E-state index in [1.807, 2.05) is 6.07 Å². The molecule has 1 aliphatic rings. The maximum absolute atomic E-state index is 12.1. The van der Waals surface area contributed by atoms with Crippen molar-refractivity contribution in [2.75, 3.05) is 0 Å². The summed E-state index contributed by atoms with van der Waals surface area (Å²) >= 11 is 0. The minimum Gasteiger partial charge on any atom is -0.478 e. The first kappa shape index (κ1) is 17.9. The van der Waals surface area contributed by atoms with Crippen LogP contribution in [-0.2, 0) is 6.42 Å². The summed E-state index contributed by atoms with van der Waals surface area (Å²) in [6, 6.07) is 13.7. The van der Waals surface area contributed by atoms with E-state index in [1.54, 1.807) is 42.5 Å². The molecule has 2 aromatic carbocycles. The number of para-hydroxylation sites is 2. The van der Waals surface area contributed by atoms with Crippen LogP contribution in [0.1, 0.15) is 40.5 Å². The smallest absolute Gasteiger partial charge is 0.336 e. The molecule has 0 spiro atoms. The van der Waals surface area contributed by atoms with Gasteiger partial charge in [-0.2, -0.15) is 0 Å². The highest BCUT2D eigenvalue weighted by Crippen LogP contribution is 2.39. The first-order valence-electron chi connectivity index (χ1n) is 9.05. The minimum atomic E-state index is -0.978. The van der Waals surface area contributed by atoms with Gasteiger partial charge in [-0.15, -0.1) is 0 Å². The Bertz CT molecular complexity index is 1150. The molecule has 0 bridgehead atoms. The second-order valence-electron chi connectivity index (χ2n) is 7.14. The van der Waals surface area contributed by atoms with Crippen LogP contribution in [0.3, 0.4) is 0 Å². The highest BCUT2D eigenvalue weighted by atomic mass is 16.6. The molecule has 1 heterocycles. The highest BCUT2D eigenvalue weighted by Gasteiger charge is 2.28. The first-order chi connectivity index (χ1) is 13.5. The fourth-order valence-corrected chi connectivity index (χ4v) is 3.94. The zero-order valence-corrected chi connectivity index (χ0v) is 15.3. The second-order valence-corrected chi connectivity index (χ2v) is 7.14. The third kappa shape index (κ3) is 3.03. The summed E-state index contributed by atoms with van der Waals surface area (Å²) in [6.45, 7) is 2.05. The van der Waals surface area contributed by atoms with Crippen LogP contribution in [0.25, 0.3) is 22.6 Å². The van der Waals surface area contributed by atoms with Crippen LogP contribution in [0.15, 0.2) is 48.5 Å². The normalized spacial score (nSPS) is 17.5. The summed E-state index contributed by atoms with van der Waals surface area (Å²) in [4.78, 5) is 27.8. The lowest BCUT2D eigenvalue weighted by Crippen LogP contribution is -2.17. The number of fused-ring (bicyclic) bond motifs is 2. The van der Waals surface area contributed by atoms with Crippen LogP contribution in [0.2, 0.25) is 0 Å². The average molecular weight is 374 g/mol. The highest BCUT2D eigenvalue weighted by molar-refractivity contribution is 6.06. The van der Waals surface area contributed by atoms with Gasteiger partial charge in [-0.25, -0.2) is 9.78 Å². The lowest BCUT2D eigenvalue weighted by Gasteiger charge is -2.26. The Hall–Kier alpha value is -3.54. The molecule has 1 aromatic heterocycles. The molecule has 3 aromatic rings. The molecule has 0 aliphatic heterocycles. The lowest BCUT2D eigenvalue weighted by molar-refractivity contribution is -0.385. The standard InChI is InChI=1S/C22H18N2O4/c1-13-10-15(12-14-6-2-5-9-19(14)24(27)28)21-17(11-13)20(22(25)26)16-7-3-4-8-18(16)23-21/h2-9,12-13H,10-11H2,1H3,(H,25,26)/b15-12-. The lowest BCUT2D eigenvalue weighted by atomic mass is 9.80. The van der Waals surface area contributed by atoms with Crippen molar-refractivity contribution in [1.82, 2.24) is 4.98 Å². The van der Waals surface area contributed by atoms with Crippen LogP contribution < -0.4 is 0 Å². The molecule has 6 heteroatoms. The number of carbonyl (C=O) groups is 1. The number of hydrogen-bond donors (Lipinski definition) is 1. The van der Waals surface area contributed by atoms with E-state index in [0.29, 0.717) is 40.6 Å². The Labute approximate surface area is 161 Å². The molecular formula is C22H18N2O4. The van der Waals surface area contributed by atoms with Crippen molar-refractivity contribution >= 4 is 34.2 Å². The quantitative estimate of drug-likeness (QED) is 0.516. The van der Waals surface area contributed by atoms with Crippen LogP contribution in [0, 0.1) is 16.0 Å². The van der Waals surface area contributed by atoms with Crippen molar-refractivity contribution < 1.29 is 14.8 Å². The molecule has 140 valence electrons. The number of nitrogens with zero attached hydrogens (tertiary/aromatic N) is 2. The molecule has 6 nitrogen and oxygen atoms in total. The van der Waals surface area contributed by atoms with Gasteiger partial charge in [0.2, 0.25) is 0 Å². The number of aromatic nitrogens is 1. The molecule has 0 saturated heterocycles. The summed E-state index contributed by atoms with van der Waals surface area (Å²) in [5, 5.41) is 21.9. The number of pyridine rings is 1. The van der Waals surface area contributed by atoms with Gasteiger partial charge >= 0.3 is 5.97 Å². The van der Waals surface area contributed by atoms with Crippen molar-refractivity contribution in [2.24, 2.45) is 5.92 Å². The Morgan fingerprint density at radius 2 is 1.89 bits per heavy atom. The molecule has 28 heavy (non-hydrogen) atoms. The predicted molar refractivity (Wildman–Crippen MR) is 107 cm³/mol.